The van der Waals surface area contributed by atoms with E-state index in [1.54, 1.807) is 6.07 Å². The van der Waals surface area contributed by atoms with Crippen LogP contribution in [0.1, 0.15) is 26.7 Å². The van der Waals surface area contributed by atoms with Crippen LogP contribution in [0.3, 0.4) is 0 Å². The van der Waals surface area contributed by atoms with Gasteiger partial charge in [-0.3, -0.25) is 4.79 Å². The number of rotatable bonds is 7. The van der Waals surface area contributed by atoms with Gasteiger partial charge < -0.3 is 20.5 Å². The number of hydrogen-bond donors (Lipinski definition) is 2. The lowest BCUT2D eigenvalue weighted by atomic mass is 10.1. The van der Waals surface area contributed by atoms with Crippen molar-refractivity contribution in [2.24, 2.45) is 11.1 Å². The molecule has 3 N–H and O–H groups in total. The van der Waals surface area contributed by atoms with Crippen LogP contribution in [0.15, 0.2) is 18.2 Å². The van der Waals surface area contributed by atoms with Gasteiger partial charge in [0.2, 0.25) is 5.91 Å². The summed E-state index contributed by atoms with van der Waals surface area (Å²) in [4.78, 5) is 12.1. The van der Waals surface area contributed by atoms with Crippen LogP contribution in [0, 0.1) is 5.41 Å². The number of nitrogens with two attached hydrogens (primary N) is 1. The second kappa shape index (κ2) is 6.13. The van der Waals surface area contributed by atoms with Crippen LogP contribution in [0.4, 0.5) is 5.69 Å². The van der Waals surface area contributed by atoms with E-state index in [2.05, 4.69) is 5.32 Å². The first-order valence-electron chi connectivity index (χ1n) is 7.06. The Bertz CT molecular complexity index is 484. The Morgan fingerprint density at radius 2 is 1.90 bits per heavy atom. The van der Waals surface area contributed by atoms with E-state index < -0.39 is 0 Å². The maximum Gasteiger partial charge on any atom is 0.231 e. The van der Waals surface area contributed by atoms with Gasteiger partial charge in [0.15, 0.2) is 11.5 Å². The highest BCUT2D eigenvalue weighted by atomic mass is 16.5. The fraction of sp³-hybridized carbons (Fsp3) is 0.533. The van der Waals surface area contributed by atoms with E-state index in [0.29, 0.717) is 36.9 Å². The number of nitrogens with one attached hydrogen (secondary N) is 1. The van der Waals surface area contributed by atoms with Crippen LogP contribution < -0.4 is 20.5 Å². The van der Waals surface area contributed by atoms with E-state index >= 15 is 0 Å². The van der Waals surface area contributed by atoms with Crippen molar-refractivity contribution in [1.29, 1.82) is 0 Å². The highest BCUT2D eigenvalue weighted by Crippen LogP contribution is 2.45. The predicted octanol–water partition coefficient (Wildman–Crippen LogP) is 2.16. The summed E-state index contributed by atoms with van der Waals surface area (Å²) in [5.74, 6) is 1.32. The lowest BCUT2D eigenvalue weighted by Crippen LogP contribution is -2.30. The molecular formula is C15H22N2O3. The van der Waals surface area contributed by atoms with Crippen LogP contribution in [-0.2, 0) is 4.79 Å². The summed E-state index contributed by atoms with van der Waals surface area (Å²) < 4.78 is 11.0. The molecule has 0 aliphatic heterocycles. The van der Waals surface area contributed by atoms with E-state index in [4.69, 9.17) is 15.2 Å². The van der Waals surface area contributed by atoms with Crippen molar-refractivity contribution in [1.82, 2.24) is 0 Å². The molecule has 0 bridgehead atoms. The molecule has 1 amide bonds. The first-order valence-corrected chi connectivity index (χ1v) is 7.06. The molecule has 0 atom stereocenters. The Morgan fingerprint density at radius 1 is 1.25 bits per heavy atom. The Balaban J connectivity index is 2.12. The molecule has 1 aliphatic carbocycles. The Hall–Kier alpha value is -1.75. The standard InChI is InChI=1S/C15H22N2O3/c1-3-19-12-6-5-11(9-13(12)20-4-2)17-14(18)15(10-16)7-8-15/h5-6,9H,3-4,7-8,10,16H2,1-2H3,(H,17,18). The number of anilines is 1. The fourth-order valence-corrected chi connectivity index (χ4v) is 2.07. The van der Waals surface area contributed by atoms with E-state index in [-0.39, 0.29) is 11.3 Å². The highest BCUT2D eigenvalue weighted by Gasteiger charge is 2.48. The molecule has 0 aromatic heterocycles. The third-order valence-electron chi connectivity index (χ3n) is 3.53. The van der Waals surface area contributed by atoms with Gasteiger partial charge in [-0.2, -0.15) is 0 Å². The van der Waals surface area contributed by atoms with E-state index in [1.807, 2.05) is 26.0 Å². The minimum absolute atomic E-state index is 0.00777. The van der Waals surface area contributed by atoms with Gasteiger partial charge in [-0.15, -0.1) is 0 Å². The van der Waals surface area contributed by atoms with Gasteiger partial charge in [0.25, 0.3) is 0 Å². The molecule has 2 rings (SSSR count). The van der Waals surface area contributed by atoms with Gasteiger partial charge in [-0.25, -0.2) is 0 Å². The van der Waals surface area contributed by atoms with Crippen molar-refractivity contribution >= 4 is 11.6 Å². The van der Waals surface area contributed by atoms with Gasteiger partial charge >= 0.3 is 0 Å². The summed E-state index contributed by atoms with van der Waals surface area (Å²) in [7, 11) is 0. The van der Waals surface area contributed by atoms with Gasteiger partial charge in [0.05, 0.1) is 18.6 Å². The van der Waals surface area contributed by atoms with Gasteiger partial charge in [0, 0.05) is 18.3 Å². The van der Waals surface area contributed by atoms with Crippen molar-refractivity contribution in [2.45, 2.75) is 26.7 Å². The summed E-state index contributed by atoms with van der Waals surface area (Å²) in [5, 5.41) is 2.91. The van der Waals surface area contributed by atoms with Crippen LogP contribution in [0.25, 0.3) is 0 Å². The number of benzene rings is 1. The molecule has 20 heavy (non-hydrogen) atoms. The number of carbonyl (C=O) groups is 1. The van der Waals surface area contributed by atoms with Gasteiger partial charge in [-0.05, 0) is 38.8 Å². The van der Waals surface area contributed by atoms with Crippen LogP contribution >= 0.6 is 0 Å². The molecule has 1 aromatic carbocycles. The molecule has 5 heteroatoms. The first kappa shape index (κ1) is 14.7. The molecule has 0 heterocycles. The van der Waals surface area contributed by atoms with Gasteiger partial charge in [0.1, 0.15) is 0 Å². The molecular weight excluding hydrogens is 256 g/mol. The summed E-state index contributed by atoms with van der Waals surface area (Å²) in [6.07, 6.45) is 1.73. The minimum Gasteiger partial charge on any atom is -0.490 e. The van der Waals surface area contributed by atoms with Crippen LogP contribution in [-0.4, -0.2) is 25.7 Å². The molecule has 110 valence electrons. The smallest absolute Gasteiger partial charge is 0.231 e. The fourth-order valence-electron chi connectivity index (χ4n) is 2.07. The molecule has 1 saturated carbocycles. The van der Waals surface area contributed by atoms with E-state index in [9.17, 15) is 4.79 Å². The molecule has 1 fully saturated rings. The second-order valence-electron chi connectivity index (χ2n) is 4.97. The molecule has 1 aromatic rings. The summed E-state index contributed by atoms with van der Waals surface area (Å²) in [5.41, 5.74) is 6.01. The number of ether oxygens (including phenoxy) is 2. The summed E-state index contributed by atoms with van der Waals surface area (Å²) in [6, 6.07) is 5.42. The Labute approximate surface area is 119 Å². The average Bonchev–Trinajstić information content (AvgIpc) is 3.23. The Morgan fingerprint density at radius 3 is 2.45 bits per heavy atom. The van der Waals surface area contributed by atoms with Crippen LogP contribution in [0.5, 0.6) is 11.5 Å². The third-order valence-corrected chi connectivity index (χ3v) is 3.53. The molecule has 1 aliphatic rings. The highest BCUT2D eigenvalue weighted by molar-refractivity contribution is 5.97. The summed E-state index contributed by atoms with van der Waals surface area (Å²) in [6.45, 7) is 5.35. The minimum atomic E-state index is -0.357. The zero-order valence-electron chi connectivity index (χ0n) is 12.1. The van der Waals surface area contributed by atoms with Crippen molar-refractivity contribution in [3.63, 3.8) is 0 Å². The molecule has 0 unspecified atom stereocenters. The number of hydrogen-bond acceptors (Lipinski definition) is 4. The topological polar surface area (TPSA) is 73.6 Å². The van der Waals surface area contributed by atoms with Crippen molar-refractivity contribution < 1.29 is 14.3 Å². The van der Waals surface area contributed by atoms with Crippen molar-refractivity contribution in [3.05, 3.63) is 18.2 Å². The molecule has 0 saturated heterocycles. The Kier molecular flexibility index (Phi) is 4.49. The molecule has 5 nitrogen and oxygen atoms in total. The molecule has 0 radical (unpaired) electrons. The largest absolute Gasteiger partial charge is 0.490 e. The zero-order valence-corrected chi connectivity index (χ0v) is 12.1. The summed E-state index contributed by atoms with van der Waals surface area (Å²) >= 11 is 0. The number of carbonyl (C=O) groups excluding carboxylic acids is 1. The molecule has 0 spiro atoms. The average molecular weight is 278 g/mol. The quantitative estimate of drug-likeness (QED) is 0.801. The lowest BCUT2D eigenvalue weighted by Gasteiger charge is -2.15. The monoisotopic (exact) mass is 278 g/mol. The van der Waals surface area contributed by atoms with E-state index in [1.165, 1.54) is 0 Å². The maximum absolute atomic E-state index is 12.1. The normalized spacial score (nSPS) is 15.6. The van der Waals surface area contributed by atoms with Crippen molar-refractivity contribution in [3.8, 4) is 11.5 Å². The van der Waals surface area contributed by atoms with Gasteiger partial charge in [-0.1, -0.05) is 0 Å². The zero-order chi connectivity index (χ0) is 14.6. The SMILES string of the molecule is CCOc1ccc(NC(=O)C2(CN)CC2)cc1OCC. The maximum atomic E-state index is 12.1. The van der Waals surface area contributed by atoms with Crippen molar-refractivity contribution in [2.75, 3.05) is 25.1 Å². The first-order chi connectivity index (χ1) is 9.65. The second-order valence-corrected chi connectivity index (χ2v) is 4.97. The van der Waals surface area contributed by atoms with E-state index in [0.717, 1.165) is 12.8 Å². The number of amides is 1. The third kappa shape index (κ3) is 3.04. The van der Waals surface area contributed by atoms with Crippen LogP contribution in [0.2, 0.25) is 0 Å². The lowest BCUT2D eigenvalue weighted by molar-refractivity contribution is -0.120. The predicted molar refractivity (Wildman–Crippen MR) is 78.1 cm³/mol.